The molecule has 0 atom stereocenters. The highest BCUT2D eigenvalue weighted by atomic mass is 35.5. The SMILES string of the molecule is CN(C)C1(Cc2ccccc2)CCC(Nc2ccc3sccc3c2)CC1.Cl.Cl. The summed E-state index contributed by atoms with van der Waals surface area (Å²) < 4.78 is 1.37. The Morgan fingerprint density at radius 1 is 1.00 bits per heavy atom. The van der Waals surface area contributed by atoms with Crippen LogP contribution >= 0.6 is 36.2 Å². The maximum Gasteiger partial charge on any atom is 0.0349 e. The van der Waals surface area contributed by atoms with Crippen molar-refractivity contribution >= 4 is 51.9 Å². The molecule has 0 bridgehead atoms. The topological polar surface area (TPSA) is 15.3 Å². The first-order chi connectivity index (χ1) is 12.6. The number of likely N-dealkylation sites (N-methyl/N-ethyl adjacent to an activating group) is 1. The smallest absolute Gasteiger partial charge is 0.0349 e. The van der Waals surface area contributed by atoms with E-state index in [-0.39, 0.29) is 30.4 Å². The van der Waals surface area contributed by atoms with Crippen molar-refractivity contribution in [2.45, 2.75) is 43.7 Å². The Balaban J connectivity index is 0.00000140. The molecule has 4 rings (SSSR count). The van der Waals surface area contributed by atoms with Gasteiger partial charge in [-0.05, 0) is 86.8 Å². The molecule has 0 aliphatic heterocycles. The summed E-state index contributed by atoms with van der Waals surface area (Å²) in [6, 6.07) is 20.5. The minimum absolute atomic E-state index is 0. The maximum atomic E-state index is 3.79. The highest BCUT2D eigenvalue weighted by Gasteiger charge is 2.37. The monoisotopic (exact) mass is 436 g/mol. The predicted molar refractivity (Wildman–Crippen MR) is 129 cm³/mol. The Morgan fingerprint density at radius 2 is 1.71 bits per heavy atom. The fourth-order valence-corrected chi connectivity index (χ4v) is 5.12. The van der Waals surface area contributed by atoms with Crippen LogP contribution in [-0.2, 0) is 6.42 Å². The molecule has 5 heteroatoms. The molecule has 1 N–H and O–H groups in total. The van der Waals surface area contributed by atoms with Crippen LogP contribution in [0.2, 0.25) is 0 Å². The van der Waals surface area contributed by atoms with Gasteiger partial charge in [-0.1, -0.05) is 30.3 Å². The third-order valence-electron chi connectivity index (χ3n) is 6.06. The predicted octanol–water partition coefficient (Wildman–Crippen LogP) is 6.64. The van der Waals surface area contributed by atoms with Crippen molar-refractivity contribution < 1.29 is 0 Å². The van der Waals surface area contributed by atoms with Crippen molar-refractivity contribution in [3.8, 4) is 0 Å². The second-order valence-electron chi connectivity index (χ2n) is 7.87. The lowest BCUT2D eigenvalue weighted by Gasteiger charge is -2.45. The first-order valence-corrected chi connectivity index (χ1v) is 10.5. The number of benzene rings is 2. The van der Waals surface area contributed by atoms with Gasteiger partial charge in [-0.3, -0.25) is 0 Å². The zero-order valence-corrected chi connectivity index (χ0v) is 19.0. The summed E-state index contributed by atoms with van der Waals surface area (Å²) in [7, 11) is 4.50. The van der Waals surface area contributed by atoms with E-state index in [0.29, 0.717) is 6.04 Å². The Bertz CT molecular complexity index is 855. The van der Waals surface area contributed by atoms with E-state index in [1.165, 1.54) is 47.0 Å². The van der Waals surface area contributed by atoms with Crippen molar-refractivity contribution in [3.63, 3.8) is 0 Å². The zero-order chi connectivity index (χ0) is 18.0. The third-order valence-corrected chi connectivity index (χ3v) is 6.96. The van der Waals surface area contributed by atoms with Gasteiger partial charge in [0, 0.05) is 22.0 Å². The Morgan fingerprint density at radius 3 is 2.39 bits per heavy atom. The zero-order valence-electron chi connectivity index (χ0n) is 16.6. The molecular weight excluding hydrogens is 407 g/mol. The van der Waals surface area contributed by atoms with Crippen LogP contribution in [0.3, 0.4) is 0 Å². The number of nitrogens with zero attached hydrogens (tertiary/aromatic N) is 1. The highest BCUT2D eigenvalue weighted by Crippen LogP contribution is 2.36. The molecule has 1 fully saturated rings. The van der Waals surface area contributed by atoms with E-state index in [9.17, 15) is 0 Å². The quantitative estimate of drug-likeness (QED) is 0.481. The van der Waals surface area contributed by atoms with Gasteiger partial charge in [-0.25, -0.2) is 0 Å². The van der Waals surface area contributed by atoms with Crippen LogP contribution in [0.15, 0.2) is 60.0 Å². The van der Waals surface area contributed by atoms with E-state index in [0.717, 1.165) is 6.42 Å². The average Bonchev–Trinajstić information content (AvgIpc) is 3.12. The van der Waals surface area contributed by atoms with Gasteiger partial charge in [0.2, 0.25) is 0 Å². The van der Waals surface area contributed by atoms with Gasteiger partial charge in [0.15, 0.2) is 0 Å². The maximum absolute atomic E-state index is 3.79. The van der Waals surface area contributed by atoms with Gasteiger partial charge in [-0.2, -0.15) is 0 Å². The van der Waals surface area contributed by atoms with Gasteiger partial charge in [0.25, 0.3) is 0 Å². The largest absolute Gasteiger partial charge is 0.382 e. The number of halogens is 2. The normalized spacial score (nSPS) is 21.8. The first kappa shape index (κ1) is 23.0. The van der Waals surface area contributed by atoms with Gasteiger partial charge < -0.3 is 10.2 Å². The van der Waals surface area contributed by atoms with E-state index in [1.807, 2.05) is 11.3 Å². The van der Waals surface area contributed by atoms with E-state index in [2.05, 4.69) is 84.3 Å². The fourth-order valence-electron chi connectivity index (χ4n) is 4.35. The number of thiophene rings is 1. The third kappa shape index (κ3) is 5.01. The summed E-state index contributed by atoms with van der Waals surface area (Å²) in [6.45, 7) is 0. The van der Waals surface area contributed by atoms with Crippen molar-refractivity contribution in [2.75, 3.05) is 19.4 Å². The molecule has 1 heterocycles. The summed E-state index contributed by atoms with van der Waals surface area (Å²) in [4.78, 5) is 2.47. The Kier molecular flexibility index (Phi) is 8.20. The Labute approximate surface area is 185 Å². The van der Waals surface area contributed by atoms with Gasteiger partial charge in [0.05, 0.1) is 0 Å². The highest BCUT2D eigenvalue weighted by molar-refractivity contribution is 7.17. The number of hydrogen-bond acceptors (Lipinski definition) is 3. The van der Waals surface area contributed by atoms with Crippen molar-refractivity contribution in [3.05, 3.63) is 65.5 Å². The molecular formula is C23H30Cl2N2S. The molecule has 152 valence electrons. The van der Waals surface area contributed by atoms with E-state index >= 15 is 0 Å². The molecule has 1 aromatic heterocycles. The number of rotatable bonds is 5. The molecule has 0 amide bonds. The summed E-state index contributed by atoms with van der Waals surface area (Å²) in [5.41, 5.74) is 3.01. The summed E-state index contributed by atoms with van der Waals surface area (Å²) in [5, 5.41) is 7.31. The minimum atomic E-state index is 0. The molecule has 0 radical (unpaired) electrons. The van der Waals surface area contributed by atoms with E-state index < -0.39 is 0 Å². The van der Waals surface area contributed by atoms with Crippen LogP contribution in [0.25, 0.3) is 10.1 Å². The van der Waals surface area contributed by atoms with Crippen LogP contribution in [0.4, 0.5) is 5.69 Å². The molecule has 28 heavy (non-hydrogen) atoms. The van der Waals surface area contributed by atoms with Crippen LogP contribution in [0.5, 0.6) is 0 Å². The first-order valence-electron chi connectivity index (χ1n) is 9.60. The lowest BCUT2D eigenvalue weighted by atomic mass is 9.75. The molecule has 0 spiro atoms. The lowest BCUT2D eigenvalue weighted by molar-refractivity contribution is 0.0960. The van der Waals surface area contributed by atoms with Crippen molar-refractivity contribution in [1.29, 1.82) is 0 Å². The van der Waals surface area contributed by atoms with E-state index in [4.69, 9.17) is 0 Å². The standard InChI is InChI=1S/C23H28N2S.2ClH/c1-25(2)23(17-18-6-4-3-5-7-18)13-10-20(11-14-23)24-21-8-9-22-19(16-21)12-15-26-22;;/h3-9,12,15-16,20,24H,10-11,13-14,17H2,1-2H3;2*1H. The van der Waals surface area contributed by atoms with E-state index in [1.54, 1.807) is 0 Å². The average molecular weight is 437 g/mol. The Hall–Kier alpha value is -1.26. The molecule has 3 aromatic rings. The van der Waals surface area contributed by atoms with Crippen LogP contribution in [-0.4, -0.2) is 30.6 Å². The van der Waals surface area contributed by atoms with Gasteiger partial charge in [0.1, 0.15) is 0 Å². The lowest BCUT2D eigenvalue weighted by Crippen LogP contribution is -2.50. The van der Waals surface area contributed by atoms with Crippen LogP contribution in [0.1, 0.15) is 31.2 Å². The van der Waals surface area contributed by atoms with Crippen molar-refractivity contribution in [2.24, 2.45) is 0 Å². The van der Waals surface area contributed by atoms with Crippen molar-refractivity contribution in [1.82, 2.24) is 4.90 Å². The number of hydrogen-bond donors (Lipinski definition) is 1. The summed E-state index contributed by atoms with van der Waals surface area (Å²) in [6.07, 6.45) is 6.09. The molecule has 0 unspecified atom stereocenters. The number of nitrogens with one attached hydrogen (secondary N) is 1. The number of anilines is 1. The molecule has 2 aromatic carbocycles. The molecule has 1 aliphatic rings. The summed E-state index contributed by atoms with van der Waals surface area (Å²) in [5.74, 6) is 0. The number of fused-ring (bicyclic) bond motifs is 1. The van der Waals surface area contributed by atoms with Gasteiger partial charge in [-0.15, -0.1) is 36.2 Å². The molecule has 0 saturated heterocycles. The molecule has 1 saturated carbocycles. The summed E-state index contributed by atoms with van der Waals surface area (Å²) >= 11 is 1.81. The molecule has 2 nitrogen and oxygen atoms in total. The van der Waals surface area contributed by atoms with Crippen LogP contribution in [0, 0.1) is 0 Å². The fraction of sp³-hybridized carbons (Fsp3) is 0.391. The second kappa shape index (κ2) is 9.98. The molecule has 1 aliphatic carbocycles. The minimum Gasteiger partial charge on any atom is -0.382 e. The van der Waals surface area contributed by atoms with Gasteiger partial charge >= 0.3 is 0 Å². The second-order valence-corrected chi connectivity index (χ2v) is 8.82. The van der Waals surface area contributed by atoms with Crippen LogP contribution < -0.4 is 5.32 Å².